The molecule has 2 aliphatic heterocycles. The van der Waals surface area contributed by atoms with Gasteiger partial charge in [0, 0.05) is 25.1 Å². The fourth-order valence-corrected chi connectivity index (χ4v) is 4.14. The molecule has 0 aliphatic carbocycles. The highest BCUT2D eigenvalue weighted by Crippen LogP contribution is 2.42. The van der Waals surface area contributed by atoms with Crippen molar-refractivity contribution in [2.24, 2.45) is 5.41 Å². The van der Waals surface area contributed by atoms with E-state index in [9.17, 15) is 4.79 Å². The minimum absolute atomic E-state index is 0.239. The number of carbonyl (C=O) groups is 1. The van der Waals surface area contributed by atoms with Crippen LogP contribution in [0.25, 0.3) is 0 Å². The standard InChI is InChI=1S/C16H23NO3S/c1-19-11-13-10-16(12-20-13)4-6-17(7-5-16)15(18)9-14-3-2-8-21-14/h2-3,8,13H,4-7,9-12H2,1H3. The number of nitrogens with zero attached hydrogens (tertiary/aromatic N) is 1. The van der Waals surface area contributed by atoms with Gasteiger partial charge < -0.3 is 14.4 Å². The summed E-state index contributed by atoms with van der Waals surface area (Å²) in [6.07, 6.45) is 3.98. The van der Waals surface area contributed by atoms with E-state index in [4.69, 9.17) is 9.47 Å². The molecule has 0 saturated carbocycles. The zero-order chi connectivity index (χ0) is 14.7. The van der Waals surface area contributed by atoms with Gasteiger partial charge in [-0.05, 0) is 36.1 Å². The molecule has 0 N–H and O–H groups in total. The van der Waals surface area contributed by atoms with Crippen molar-refractivity contribution in [3.63, 3.8) is 0 Å². The van der Waals surface area contributed by atoms with Gasteiger partial charge in [0.15, 0.2) is 0 Å². The molecule has 1 aromatic heterocycles. The summed E-state index contributed by atoms with van der Waals surface area (Å²) in [6, 6.07) is 4.04. The maximum Gasteiger partial charge on any atom is 0.227 e. The van der Waals surface area contributed by atoms with Gasteiger partial charge >= 0.3 is 0 Å². The van der Waals surface area contributed by atoms with Crippen molar-refractivity contribution < 1.29 is 14.3 Å². The van der Waals surface area contributed by atoms with E-state index in [1.54, 1.807) is 18.4 Å². The molecule has 1 spiro atoms. The number of ether oxygens (including phenoxy) is 2. The number of thiophene rings is 1. The van der Waals surface area contributed by atoms with Crippen LogP contribution in [-0.4, -0.2) is 50.3 Å². The molecule has 2 fully saturated rings. The molecule has 2 saturated heterocycles. The lowest BCUT2D eigenvalue weighted by Gasteiger charge is -2.38. The second kappa shape index (κ2) is 6.46. The van der Waals surface area contributed by atoms with Crippen LogP contribution in [0, 0.1) is 5.41 Å². The monoisotopic (exact) mass is 309 g/mol. The van der Waals surface area contributed by atoms with Crippen molar-refractivity contribution in [2.75, 3.05) is 33.4 Å². The summed E-state index contributed by atoms with van der Waals surface area (Å²) in [5.74, 6) is 0.264. The smallest absolute Gasteiger partial charge is 0.227 e. The molecule has 1 aromatic rings. The second-order valence-corrected chi connectivity index (χ2v) is 7.26. The number of amides is 1. The Balaban J connectivity index is 1.50. The number of methoxy groups -OCH3 is 1. The topological polar surface area (TPSA) is 38.8 Å². The molecule has 2 aliphatic rings. The maximum atomic E-state index is 12.3. The summed E-state index contributed by atoms with van der Waals surface area (Å²) in [4.78, 5) is 15.5. The maximum absolute atomic E-state index is 12.3. The molecule has 3 heterocycles. The Morgan fingerprint density at radius 2 is 2.33 bits per heavy atom. The largest absolute Gasteiger partial charge is 0.382 e. The van der Waals surface area contributed by atoms with Crippen molar-refractivity contribution in [1.82, 2.24) is 4.90 Å². The number of likely N-dealkylation sites (tertiary alicyclic amines) is 1. The lowest BCUT2D eigenvalue weighted by atomic mass is 9.76. The van der Waals surface area contributed by atoms with E-state index in [-0.39, 0.29) is 17.4 Å². The van der Waals surface area contributed by atoms with Crippen LogP contribution in [0.15, 0.2) is 17.5 Å². The highest BCUT2D eigenvalue weighted by Gasteiger charge is 2.42. The lowest BCUT2D eigenvalue weighted by molar-refractivity contribution is -0.132. The third-order valence-electron chi connectivity index (χ3n) is 4.72. The Kier molecular flexibility index (Phi) is 4.62. The Morgan fingerprint density at radius 1 is 1.52 bits per heavy atom. The minimum atomic E-state index is 0.239. The Hall–Kier alpha value is -0.910. The fraction of sp³-hybridized carbons (Fsp3) is 0.688. The predicted molar refractivity (Wildman–Crippen MR) is 82.5 cm³/mol. The van der Waals surface area contributed by atoms with Crippen molar-refractivity contribution in [3.05, 3.63) is 22.4 Å². The quantitative estimate of drug-likeness (QED) is 0.857. The van der Waals surface area contributed by atoms with Crippen LogP contribution in [0.1, 0.15) is 24.1 Å². The van der Waals surface area contributed by atoms with E-state index >= 15 is 0 Å². The van der Waals surface area contributed by atoms with Gasteiger partial charge in [-0.2, -0.15) is 0 Å². The van der Waals surface area contributed by atoms with Crippen molar-refractivity contribution >= 4 is 17.2 Å². The molecule has 0 bridgehead atoms. The molecular weight excluding hydrogens is 286 g/mol. The average molecular weight is 309 g/mol. The first-order valence-electron chi connectivity index (χ1n) is 7.61. The summed E-state index contributed by atoms with van der Waals surface area (Å²) >= 11 is 1.66. The van der Waals surface area contributed by atoms with Crippen LogP contribution < -0.4 is 0 Å². The third kappa shape index (κ3) is 3.47. The summed E-state index contributed by atoms with van der Waals surface area (Å²) in [5.41, 5.74) is 0.281. The van der Waals surface area contributed by atoms with Gasteiger partial charge in [-0.25, -0.2) is 0 Å². The van der Waals surface area contributed by atoms with Crippen molar-refractivity contribution in [2.45, 2.75) is 31.8 Å². The van der Waals surface area contributed by atoms with E-state index in [2.05, 4.69) is 0 Å². The van der Waals surface area contributed by atoms with Gasteiger partial charge in [0.1, 0.15) is 0 Å². The summed E-state index contributed by atoms with van der Waals surface area (Å²) in [7, 11) is 1.72. The van der Waals surface area contributed by atoms with Gasteiger partial charge in [0.25, 0.3) is 0 Å². The SMILES string of the molecule is COCC1CC2(CCN(C(=O)Cc3cccs3)CC2)CO1. The minimum Gasteiger partial charge on any atom is -0.382 e. The Morgan fingerprint density at radius 3 is 3.00 bits per heavy atom. The molecule has 1 atom stereocenters. The summed E-state index contributed by atoms with van der Waals surface area (Å²) in [5, 5.41) is 2.03. The molecular formula is C16H23NO3S. The molecule has 1 amide bonds. The average Bonchev–Trinajstić information content (AvgIpc) is 3.11. The first kappa shape index (κ1) is 15.0. The highest BCUT2D eigenvalue weighted by molar-refractivity contribution is 7.10. The summed E-state index contributed by atoms with van der Waals surface area (Å²) in [6.45, 7) is 3.25. The van der Waals surface area contributed by atoms with Crippen LogP contribution in [0.3, 0.4) is 0 Å². The molecule has 5 heteroatoms. The van der Waals surface area contributed by atoms with Crippen LogP contribution in [-0.2, 0) is 20.7 Å². The van der Waals surface area contributed by atoms with Crippen LogP contribution in [0.2, 0.25) is 0 Å². The number of hydrogen-bond donors (Lipinski definition) is 0. The zero-order valence-electron chi connectivity index (χ0n) is 12.5. The van der Waals surface area contributed by atoms with Gasteiger partial charge in [-0.15, -0.1) is 11.3 Å². The first-order chi connectivity index (χ1) is 10.2. The second-order valence-electron chi connectivity index (χ2n) is 6.23. The number of rotatable bonds is 4. The van der Waals surface area contributed by atoms with Crippen molar-refractivity contribution in [3.8, 4) is 0 Å². The van der Waals surface area contributed by atoms with E-state index in [1.807, 2.05) is 22.4 Å². The van der Waals surface area contributed by atoms with Crippen LogP contribution in [0.5, 0.6) is 0 Å². The van der Waals surface area contributed by atoms with Gasteiger partial charge in [0.2, 0.25) is 5.91 Å². The van der Waals surface area contributed by atoms with E-state index in [1.165, 1.54) is 0 Å². The number of piperidine rings is 1. The van der Waals surface area contributed by atoms with Gasteiger partial charge in [-0.3, -0.25) is 4.79 Å². The predicted octanol–water partition coefficient (Wildman–Crippen LogP) is 2.33. The van der Waals surface area contributed by atoms with Gasteiger partial charge in [0.05, 0.1) is 25.7 Å². The van der Waals surface area contributed by atoms with E-state index in [0.717, 1.165) is 43.8 Å². The molecule has 4 nitrogen and oxygen atoms in total. The lowest BCUT2D eigenvalue weighted by Crippen LogP contribution is -2.44. The Labute approximate surface area is 130 Å². The number of hydrogen-bond acceptors (Lipinski definition) is 4. The molecule has 3 rings (SSSR count). The molecule has 1 unspecified atom stereocenters. The van der Waals surface area contributed by atoms with Gasteiger partial charge in [-0.1, -0.05) is 6.07 Å². The van der Waals surface area contributed by atoms with E-state index < -0.39 is 0 Å². The Bertz CT molecular complexity index is 466. The normalized spacial score (nSPS) is 24.6. The van der Waals surface area contributed by atoms with Crippen LogP contribution in [0.4, 0.5) is 0 Å². The molecule has 116 valence electrons. The zero-order valence-corrected chi connectivity index (χ0v) is 13.4. The molecule has 0 radical (unpaired) electrons. The molecule has 0 aromatic carbocycles. The first-order valence-corrected chi connectivity index (χ1v) is 8.49. The number of carbonyl (C=O) groups excluding carboxylic acids is 1. The van der Waals surface area contributed by atoms with Crippen molar-refractivity contribution in [1.29, 1.82) is 0 Å². The fourth-order valence-electron chi connectivity index (χ4n) is 3.44. The van der Waals surface area contributed by atoms with Crippen LogP contribution >= 0.6 is 11.3 Å². The van der Waals surface area contributed by atoms with E-state index in [0.29, 0.717) is 13.0 Å². The third-order valence-corrected chi connectivity index (χ3v) is 5.60. The summed E-state index contributed by atoms with van der Waals surface area (Å²) < 4.78 is 11.0. The highest BCUT2D eigenvalue weighted by atomic mass is 32.1. The molecule has 21 heavy (non-hydrogen) atoms.